The molecule has 2 atom stereocenters. The Morgan fingerprint density at radius 1 is 1.23 bits per heavy atom. The lowest BCUT2D eigenvalue weighted by atomic mass is 10.1. The zero-order valence-corrected chi connectivity index (χ0v) is 15.1. The van der Waals surface area contributed by atoms with Crippen molar-refractivity contribution in [1.29, 1.82) is 0 Å². The summed E-state index contributed by atoms with van der Waals surface area (Å²) in [5.41, 5.74) is 0.0622. The number of hydrogen-bond acceptors (Lipinski definition) is 4. The first-order valence-corrected chi connectivity index (χ1v) is 8.39. The molecule has 1 saturated heterocycles. The minimum absolute atomic E-state index is 0.0362. The molecular weight excluding hydrogens is 346 g/mol. The van der Waals surface area contributed by atoms with Crippen molar-refractivity contribution in [3.8, 4) is 0 Å². The van der Waals surface area contributed by atoms with Crippen LogP contribution in [-0.2, 0) is 16.1 Å². The van der Waals surface area contributed by atoms with Gasteiger partial charge in [0.25, 0.3) is 0 Å². The molecule has 144 valence electrons. The molecule has 1 aliphatic rings. The number of rotatable bonds is 4. The van der Waals surface area contributed by atoms with Gasteiger partial charge in [-0.25, -0.2) is 18.4 Å². The lowest BCUT2D eigenvalue weighted by Crippen LogP contribution is -2.43. The van der Waals surface area contributed by atoms with Gasteiger partial charge in [-0.05, 0) is 26.3 Å². The Bertz CT molecular complexity index is 619. The second kappa shape index (κ2) is 8.33. The molecule has 2 amide bonds. The number of likely N-dealkylation sites (tertiary alicyclic amines) is 1. The van der Waals surface area contributed by atoms with Crippen LogP contribution in [0.5, 0.6) is 0 Å². The summed E-state index contributed by atoms with van der Waals surface area (Å²) in [6, 6.07) is 8.12. The molecule has 1 fully saturated rings. The Morgan fingerprint density at radius 3 is 2.46 bits per heavy atom. The molecule has 1 N–H and O–H groups in total. The monoisotopic (exact) mass is 370 g/mol. The van der Waals surface area contributed by atoms with E-state index in [9.17, 15) is 18.4 Å². The maximum absolute atomic E-state index is 13.3. The first kappa shape index (κ1) is 19.9. The lowest BCUT2D eigenvalue weighted by Gasteiger charge is -2.24. The standard InChI is InChI=1S/C18H24F2N2O4/c1-18(2,3)26-17(24)22-9-13(15(19)20)14(10-22)21-16(23)25-11-12-7-5-4-6-8-12/h4-8,13-15H,9-11H2,1-3H3,(H,21,23). The van der Waals surface area contributed by atoms with Gasteiger partial charge in [0.15, 0.2) is 0 Å². The Morgan fingerprint density at radius 2 is 1.88 bits per heavy atom. The predicted molar refractivity (Wildman–Crippen MR) is 90.9 cm³/mol. The average Bonchev–Trinajstić information content (AvgIpc) is 2.96. The fourth-order valence-electron chi connectivity index (χ4n) is 2.63. The molecule has 1 aromatic rings. The number of alkyl carbamates (subject to hydrolysis) is 1. The molecule has 2 rings (SSSR count). The quantitative estimate of drug-likeness (QED) is 0.882. The molecule has 0 aromatic heterocycles. The zero-order valence-electron chi connectivity index (χ0n) is 15.1. The summed E-state index contributed by atoms with van der Waals surface area (Å²) < 4.78 is 36.9. The van der Waals surface area contributed by atoms with E-state index in [0.717, 1.165) is 5.56 Å². The number of nitrogens with one attached hydrogen (secondary N) is 1. The van der Waals surface area contributed by atoms with E-state index in [2.05, 4.69) is 5.32 Å². The van der Waals surface area contributed by atoms with Crippen LogP contribution < -0.4 is 5.32 Å². The molecular formula is C18H24F2N2O4. The van der Waals surface area contributed by atoms with Gasteiger partial charge in [-0.3, -0.25) is 0 Å². The van der Waals surface area contributed by atoms with Crippen LogP contribution in [0.1, 0.15) is 26.3 Å². The fraction of sp³-hybridized carbons (Fsp3) is 0.556. The van der Waals surface area contributed by atoms with Crippen molar-refractivity contribution >= 4 is 12.2 Å². The van der Waals surface area contributed by atoms with Crippen LogP contribution in [0.3, 0.4) is 0 Å². The highest BCUT2D eigenvalue weighted by Crippen LogP contribution is 2.25. The van der Waals surface area contributed by atoms with Crippen molar-refractivity contribution in [2.24, 2.45) is 5.92 Å². The number of alkyl halides is 2. The number of hydrogen-bond donors (Lipinski definition) is 1. The number of carbonyl (C=O) groups is 2. The molecule has 1 heterocycles. The Hall–Kier alpha value is -2.38. The van der Waals surface area contributed by atoms with E-state index in [4.69, 9.17) is 9.47 Å². The van der Waals surface area contributed by atoms with Gasteiger partial charge >= 0.3 is 12.2 Å². The topological polar surface area (TPSA) is 67.9 Å². The van der Waals surface area contributed by atoms with Crippen LogP contribution in [0.4, 0.5) is 18.4 Å². The van der Waals surface area contributed by atoms with E-state index in [1.165, 1.54) is 4.90 Å². The third-order valence-electron chi connectivity index (χ3n) is 3.86. The maximum atomic E-state index is 13.3. The van der Waals surface area contributed by atoms with Gasteiger partial charge in [0.2, 0.25) is 6.43 Å². The highest BCUT2D eigenvalue weighted by Gasteiger charge is 2.42. The fourth-order valence-corrected chi connectivity index (χ4v) is 2.63. The molecule has 0 aliphatic carbocycles. The van der Waals surface area contributed by atoms with Crippen molar-refractivity contribution in [1.82, 2.24) is 10.2 Å². The normalized spacial score (nSPS) is 20.2. The number of benzene rings is 1. The van der Waals surface area contributed by atoms with Crippen molar-refractivity contribution in [3.05, 3.63) is 35.9 Å². The molecule has 0 saturated carbocycles. The average molecular weight is 370 g/mol. The minimum Gasteiger partial charge on any atom is -0.445 e. The van der Waals surface area contributed by atoms with E-state index < -0.39 is 36.2 Å². The number of nitrogens with zero attached hydrogens (tertiary/aromatic N) is 1. The summed E-state index contributed by atoms with van der Waals surface area (Å²) in [4.78, 5) is 25.2. The van der Waals surface area contributed by atoms with Gasteiger partial charge in [-0.15, -0.1) is 0 Å². The van der Waals surface area contributed by atoms with Gasteiger partial charge in [0.1, 0.15) is 12.2 Å². The van der Waals surface area contributed by atoms with Gasteiger partial charge < -0.3 is 19.7 Å². The molecule has 1 aliphatic heterocycles. The highest BCUT2D eigenvalue weighted by molar-refractivity contribution is 5.70. The summed E-state index contributed by atoms with van der Waals surface area (Å²) in [6.45, 7) is 4.89. The van der Waals surface area contributed by atoms with Crippen molar-refractivity contribution in [2.75, 3.05) is 13.1 Å². The van der Waals surface area contributed by atoms with Crippen molar-refractivity contribution in [3.63, 3.8) is 0 Å². The molecule has 0 bridgehead atoms. The predicted octanol–water partition coefficient (Wildman–Crippen LogP) is 3.41. The number of carbonyl (C=O) groups excluding carboxylic acids is 2. The largest absolute Gasteiger partial charge is 0.445 e. The highest BCUT2D eigenvalue weighted by atomic mass is 19.3. The Labute approximate surface area is 151 Å². The van der Waals surface area contributed by atoms with E-state index in [-0.39, 0.29) is 19.7 Å². The molecule has 0 spiro atoms. The lowest BCUT2D eigenvalue weighted by molar-refractivity contribution is 0.0254. The van der Waals surface area contributed by atoms with Gasteiger partial charge in [-0.2, -0.15) is 0 Å². The second-order valence-corrected chi connectivity index (χ2v) is 7.20. The van der Waals surface area contributed by atoms with E-state index >= 15 is 0 Å². The van der Waals surface area contributed by atoms with E-state index in [0.29, 0.717) is 0 Å². The SMILES string of the molecule is CC(C)(C)OC(=O)N1CC(NC(=O)OCc2ccccc2)C(C(F)F)C1. The van der Waals surface area contributed by atoms with E-state index in [1.54, 1.807) is 45.0 Å². The van der Waals surface area contributed by atoms with Crippen LogP contribution in [0.2, 0.25) is 0 Å². The van der Waals surface area contributed by atoms with Crippen LogP contribution in [-0.4, -0.2) is 48.2 Å². The number of halogens is 2. The summed E-state index contributed by atoms with van der Waals surface area (Å²) in [7, 11) is 0. The summed E-state index contributed by atoms with van der Waals surface area (Å²) >= 11 is 0. The molecule has 1 aromatic carbocycles. The molecule has 2 unspecified atom stereocenters. The van der Waals surface area contributed by atoms with Crippen molar-refractivity contribution < 1.29 is 27.8 Å². The molecule has 6 nitrogen and oxygen atoms in total. The van der Waals surface area contributed by atoms with Crippen molar-refractivity contribution in [2.45, 2.75) is 45.4 Å². The maximum Gasteiger partial charge on any atom is 0.410 e. The number of amides is 2. The minimum atomic E-state index is -2.68. The molecule has 0 radical (unpaired) electrons. The summed E-state index contributed by atoms with van der Waals surface area (Å²) in [5.74, 6) is -1.17. The Kier molecular flexibility index (Phi) is 6.39. The van der Waals surface area contributed by atoms with Crippen LogP contribution in [0.15, 0.2) is 30.3 Å². The van der Waals surface area contributed by atoms with Crippen LogP contribution in [0, 0.1) is 5.92 Å². The third kappa shape index (κ3) is 5.86. The Balaban J connectivity index is 1.91. The van der Waals surface area contributed by atoms with Crippen LogP contribution in [0.25, 0.3) is 0 Å². The van der Waals surface area contributed by atoms with E-state index in [1.807, 2.05) is 6.07 Å². The van der Waals surface area contributed by atoms with Crippen LogP contribution >= 0.6 is 0 Å². The zero-order chi connectivity index (χ0) is 19.3. The summed E-state index contributed by atoms with van der Waals surface area (Å²) in [6.07, 6.45) is -4.15. The summed E-state index contributed by atoms with van der Waals surface area (Å²) in [5, 5.41) is 2.44. The molecule has 8 heteroatoms. The first-order chi connectivity index (χ1) is 12.2. The smallest absolute Gasteiger partial charge is 0.410 e. The second-order valence-electron chi connectivity index (χ2n) is 7.20. The molecule has 26 heavy (non-hydrogen) atoms. The number of ether oxygens (including phenoxy) is 2. The van der Waals surface area contributed by atoms with Gasteiger partial charge in [0, 0.05) is 13.1 Å². The third-order valence-corrected chi connectivity index (χ3v) is 3.86. The first-order valence-electron chi connectivity index (χ1n) is 8.39. The van der Waals surface area contributed by atoms with Gasteiger partial charge in [0.05, 0.1) is 12.0 Å². The van der Waals surface area contributed by atoms with Gasteiger partial charge in [-0.1, -0.05) is 30.3 Å².